The minimum atomic E-state index is -3.17. The molecule has 18 heavy (non-hydrogen) atoms. The van der Waals surface area contributed by atoms with Crippen molar-refractivity contribution in [3.63, 3.8) is 0 Å². The molecule has 1 atom stereocenters. The van der Waals surface area contributed by atoms with Gasteiger partial charge in [-0.25, -0.2) is 8.42 Å². The van der Waals surface area contributed by atoms with Gasteiger partial charge in [-0.2, -0.15) is 4.31 Å². The van der Waals surface area contributed by atoms with Crippen LogP contribution in [0.3, 0.4) is 0 Å². The number of aryl methyl sites for hydroxylation is 1. The summed E-state index contributed by atoms with van der Waals surface area (Å²) in [7, 11) is -3.17. The SMILES string of the molecule is O=S(=O)(CCc1ccccc1)N1CCC[C@H]1CCl. The van der Waals surface area contributed by atoms with E-state index in [1.807, 2.05) is 30.3 Å². The van der Waals surface area contributed by atoms with Gasteiger partial charge < -0.3 is 0 Å². The maximum Gasteiger partial charge on any atom is 0.214 e. The molecule has 0 unspecified atom stereocenters. The van der Waals surface area contributed by atoms with Crippen LogP contribution in [0.4, 0.5) is 0 Å². The minimum Gasteiger partial charge on any atom is -0.212 e. The third kappa shape index (κ3) is 3.25. The van der Waals surface area contributed by atoms with Crippen LogP contribution in [0.25, 0.3) is 0 Å². The van der Waals surface area contributed by atoms with Gasteiger partial charge >= 0.3 is 0 Å². The van der Waals surface area contributed by atoms with Gasteiger partial charge in [0.05, 0.1) is 5.75 Å². The average molecular weight is 288 g/mol. The standard InChI is InChI=1S/C13H18ClNO2S/c14-11-13-7-4-9-15(13)18(16,17)10-8-12-5-2-1-3-6-12/h1-3,5-6,13H,4,7-11H2/t13-/m0/s1. The lowest BCUT2D eigenvalue weighted by atomic mass is 10.2. The van der Waals surface area contributed by atoms with Crippen molar-refractivity contribution >= 4 is 21.6 Å². The normalized spacial score (nSPS) is 21.3. The number of alkyl halides is 1. The Morgan fingerprint density at radius 3 is 2.67 bits per heavy atom. The van der Waals surface area contributed by atoms with Crippen LogP contribution in [0.1, 0.15) is 18.4 Å². The Bertz CT molecular complexity index is 475. The molecular formula is C13H18ClNO2S. The Labute approximate surface area is 114 Å². The molecule has 0 saturated carbocycles. The lowest BCUT2D eigenvalue weighted by molar-refractivity contribution is 0.411. The summed E-state index contributed by atoms with van der Waals surface area (Å²) < 4.78 is 26.1. The Balaban J connectivity index is 1.99. The highest BCUT2D eigenvalue weighted by atomic mass is 35.5. The molecule has 1 saturated heterocycles. The zero-order valence-corrected chi connectivity index (χ0v) is 11.8. The summed E-state index contributed by atoms with van der Waals surface area (Å²) in [5.74, 6) is 0.564. The quantitative estimate of drug-likeness (QED) is 0.779. The van der Waals surface area contributed by atoms with Crippen molar-refractivity contribution < 1.29 is 8.42 Å². The topological polar surface area (TPSA) is 37.4 Å². The number of halogens is 1. The van der Waals surface area contributed by atoms with Gasteiger partial charge in [0.1, 0.15) is 0 Å². The van der Waals surface area contributed by atoms with Crippen LogP contribution in [-0.4, -0.2) is 36.9 Å². The molecule has 1 fully saturated rings. The fourth-order valence-electron chi connectivity index (χ4n) is 2.34. The number of sulfonamides is 1. The molecule has 0 radical (unpaired) electrons. The first-order valence-electron chi connectivity index (χ1n) is 6.23. The number of hydrogen-bond donors (Lipinski definition) is 0. The molecule has 0 amide bonds. The molecule has 100 valence electrons. The maximum atomic E-state index is 12.2. The average Bonchev–Trinajstić information content (AvgIpc) is 2.87. The second kappa shape index (κ2) is 6.04. The third-order valence-corrected chi connectivity index (χ3v) is 5.62. The monoisotopic (exact) mass is 287 g/mol. The molecular weight excluding hydrogens is 270 g/mol. The molecule has 0 bridgehead atoms. The zero-order valence-electron chi connectivity index (χ0n) is 10.3. The molecule has 1 aliphatic heterocycles. The van der Waals surface area contributed by atoms with Crippen LogP contribution in [0.2, 0.25) is 0 Å². The summed E-state index contributed by atoms with van der Waals surface area (Å²) in [6.07, 6.45) is 2.37. The van der Waals surface area contributed by atoms with Gasteiger partial charge in [-0.05, 0) is 24.8 Å². The van der Waals surface area contributed by atoms with Crippen molar-refractivity contribution in [3.05, 3.63) is 35.9 Å². The first kappa shape index (κ1) is 13.8. The smallest absolute Gasteiger partial charge is 0.212 e. The molecule has 5 heteroatoms. The summed E-state index contributed by atoms with van der Waals surface area (Å²) in [5.41, 5.74) is 1.06. The summed E-state index contributed by atoms with van der Waals surface area (Å²) in [6.45, 7) is 0.620. The molecule has 1 aromatic carbocycles. The second-order valence-electron chi connectivity index (χ2n) is 4.61. The van der Waals surface area contributed by atoms with Gasteiger partial charge in [-0.15, -0.1) is 11.6 Å². The summed E-state index contributed by atoms with van der Waals surface area (Å²) in [5, 5.41) is 0. The highest BCUT2D eigenvalue weighted by molar-refractivity contribution is 7.89. The first-order chi connectivity index (χ1) is 8.63. The highest BCUT2D eigenvalue weighted by Crippen LogP contribution is 2.22. The molecule has 1 heterocycles. The Kier molecular flexibility index (Phi) is 4.65. The third-order valence-electron chi connectivity index (χ3n) is 3.35. The predicted octanol–water partition coefficient (Wildman–Crippen LogP) is 2.26. The minimum absolute atomic E-state index is 0.00700. The highest BCUT2D eigenvalue weighted by Gasteiger charge is 2.32. The Morgan fingerprint density at radius 1 is 1.28 bits per heavy atom. The molecule has 0 aliphatic carbocycles. The molecule has 0 spiro atoms. The van der Waals surface area contributed by atoms with E-state index in [9.17, 15) is 8.42 Å². The lowest BCUT2D eigenvalue weighted by Crippen LogP contribution is -2.38. The van der Waals surface area contributed by atoms with Crippen molar-refractivity contribution in [1.29, 1.82) is 0 Å². The fourth-order valence-corrected chi connectivity index (χ4v) is 4.51. The van der Waals surface area contributed by atoms with Crippen molar-refractivity contribution in [3.8, 4) is 0 Å². The first-order valence-corrected chi connectivity index (χ1v) is 8.37. The van der Waals surface area contributed by atoms with E-state index in [0.29, 0.717) is 18.8 Å². The van der Waals surface area contributed by atoms with E-state index in [-0.39, 0.29) is 11.8 Å². The van der Waals surface area contributed by atoms with Crippen LogP contribution in [0, 0.1) is 0 Å². The summed E-state index contributed by atoms with van der Waals surface area (Å²) >= 11 is 5.82. The molecule has 1 aliphatic rings. The van der Waals surface area contributed by atoms with E-state index in [2.05, 4.69) is 0 Å². The lowest BCUT2D eigenvalue weighted by Gasteiger charge is -2.22. The van der Waals surface area contributed by atoms with E-state index in [4.69, 9.17) is 11.6 Å². The largest absolute Gasteiger partial charge is 0.214 e. The van der Waals surface area contributed by atoms with Gasteiger partial charge in [0.15, 0.2) is 0 Å². The van der Waals surface area contributed by atoms with Crippen molar-refractivity contribution in [2.75, 3.05) is 18.2 Å². The van der Waals surface area contributed by atoms with Crippen molar-refractivity contribution in [2.45, 2.75) is 25.3 Å². The predicted molar refractivity (Wildman–Crippen MR) is 74.4 cm³/mol. The molecule has 0 aromatic heterocycles. The van der Waals surface area contributed by atoms with E-state index >= 15 is 0 Å². The van der Waals surface area contributed by atoms with E-state index in [0.717, 1.165) is 18.4 Å². The van der Waals surface area contributed by atoms with E-state index in [1.165, 1.54) is 0 Å². The van der Waals surface area contributed by atoms with Crippen LogP contribution >= 0.6 is 11.6 Å². The van der Waals surface area contributed by atoms with Crippen LogP contribution < -0.4 is 0 Å². The van der Waals surface area contributed by atoms with Crippen LogP contribution in [0.15, 0.2) is 30.3 Å². The number of nitrogens with zero attached hydrogens (tertiary/aromatic N) is 1. The fraction of sp³-hybridized carbons (Fsp3) is 0.538. The zero-order chi connectivity index (χ0) is 13.0. The second-order valence-corrected chi connectivity index (χ2v) is 6.96. The number of rotatable bonds is 5. The Hall–Kier alpha value is -0.580. The summed E-state index contributed by atoms with van der Waals surface area (Å²) in [4.78, 5) is 0. The molecule has 0 N–H and O–H groups in total. The van der Waals surface area contributed by atoms with Crippen molar-refractivity contribution in [2.24, 2.45) is 0 Å². The van der Waals surface area contributed by atoms with E-state index < -0.39 is 10.0 Å². The molecule has 1 aromatic rings. The summed E-state index contributed by atoms with van der Waals surface area (Å²) in [6, 6.07) is 9.70. The van der Waals surface area contributed by atoms with Crippen molar-refractivity contribution in [1.82, 2.24) is 4.31 Å². The molecule has 2 rings (SSSR count). The van der Waals surface area contributed by atoms with Gasteiger partial charge in [-0.1, -0.05) is 30.3 Å². The number of hydrogen-bond acceptors (Lipinski definition) is 2. The van der Waals surface area contributed by atoms with Gasteiger partial charge in [-0.3, -0.25) is 0 Å². The maximum absolute atomic E-state index is 12.2. The Morgan fingerprint density at radius 2 is 2.00 bits per heavy atom. The molecule has 3 nitrogen and oxygen atoms in total. The van der Waals surface area contributed by atoms with E-state index in [1.54, 1.807) is 4.31 Å². The number of benzene rings is 1. The van der Waals surface area contributed by atoms with Crippen LogP contribution in [0.5, 0.6) is 0 Å². The van der Waals surface area contributed by atoms with Gasteiger partial charge in [0.25, 0.3) is 0 Å². The van der Waals surface area contributed by atoms with Gasteiger partial charge in [0, 0.05) is 18.5 Å². The van der Waals surface area contributed by atoms with Crippen LogP contribution in [-0.2, 0) is 16.4 Å². The van der Waals surface area contributed by atoms with Gasteiger partial charge in [0.2, 0.25) is 10.0 Å².